The van der Waals surface area contributed by atoms with E-state index >= 15 is 0 Å². The number of hydrogen-bond donors (Lipinski definition) is 1. The Morgan fingerprint density at radius 1 is 1.39 bits per heavy atom. The van der Waals surface area contributed by atoms with Crippen LogP contribution in [-0.4, -0.2) is 47.6 Å². The molecule has 1 fully saturated rings. The fourth-order valence-electron chi connectivity index (χ4n) is 3.45. The molecule has 8 nitrogen and oxygen atoms in total. The second-order valence-electron chi connectivity index (χ2n) is 6.95. The molecule has 0 aliphatic carbocycles. The van der Waals surface area contributed by atoms with Crippen molar-refractivity contribution >= 4 is 23.4 Å². The highest BCUT2D eigenvalue weighted by Gasteiger charge is 2.27. The molecule has 2 aromatic rings. The Morgan fingerprint density at radius 3 is 2.68 bits per heavy atom. The van der Waals surface area contributed by atoms with E-state index in [1.54, 1.807) is 12.3 Å². The maximum absolute atomic E-state index is 13.2. The lowest BCUT2D eigenvalue weighted by molar-refractivity contribution is -0.116. The molecule has 0 spiro atoms. The van der Waals surface area contributed by atoms with Crippen LogP contribution in [0.2, 0.25) is 0 Å². The maximum atomic E-state index is 13.2. The van der Waals surface area contributed by atoms with Gasteiger partial charge in [-0.15, -0.1) is 0 Å². The summed E-state index contributed by atoms with van der Waals surface area (Å²) in [6, 6.07) is 5.52. The van der Waals surface area contributed by atoms with Gasteiger partial charge in [0.15, 0.2) is 0 Å². The summed E-state index contributed by atoms with van der Waals surface area (Å²) in [5, 5.41) is 11.8. The molecule has 1 saturated heterocycles. The first-order valence-electron chi connectivity index (χ1n) is 9.12. The third-order valence-corrected chi connectivity index (χ3v) is 4.66. The molecule has 2 atom stereocenters. The third-order valence-electron chi connectivity index (χ3n) is 4.66. The number of anilines is 1. The fourth-order valence-corrected chi connectivity index (χ4v) is 3.45. The quantitative estimate of drug-likeness (QED) is 0.635. The number of aromatic nitrogens is 2. The number of pyridine rings is 1. The molecule has 3 heterocycles. The molecule has 146 valence electrons. The number of rotatable bonds is 3. The van der Waals surface area contributed by atoms with Gasteiger partial charge in [-0.2, -0.15) is 5.26 Å². The molecule has 0 bridgehead atoms. The summed E-state index contributed by atoms with van der Waals surface area (Å²) in [6.45, 7) is 6.92. The van der Waals surface area contributed by atoms with Crippen LogP contribution in [0.1, 0.15) is 25.0 Å². The van der Waals surface area contributed by atoms with Gasteiger partial charge in [-0.25, -0.2) is 4.98 Å². The van der Waals surface area contributed by atoms with Gasteiger partial charge in [-0.1, -0.05) is 6.07 Å². The van der Waals surface area contributed by atoms with E-state index < -0.39 is 5.91 Å². The largest absolute Gasteiger partial charge is 0.372 e. The number of morpholine rings is 1. The molecular weight excluding hydrogens is 358 g/mol. The minimum atomic E-state index is -0.550. The van der Waals surface area contributed by atoms with Gasteiger partial charge in [0, 0.05) is 26.3 Å². The molecular formula is C20H23N5O3. The van der Waals surface area contributed by atoms with E-state index in [2.05, 4.69) is 5.32 Å². The first kappa shape index (κ1) is 19.6. The molecule has 1 amide bonds. The Morgan fingerprint density at radius 2 is 2.07 bits per heavy atom. The van der Waals surface area contributed by atoms with Gasteiger partial charge in [0.1, 0.15) is 23.1 Å². The fraction of sp³-hybridized carbons (Fsp3) is 0.400. The van der Waals surface area contributed by atoms with Gasteiger partial charge in [0.2, 0.25) is 0 Å². The van der Waals surface area contributed by atoms with E-state index in [0.29, 0.717) is 24.6 Å². The van der Waals surface area contributed by atoms with Crippen molar-refractivity contribution in [2.24, 2.45) is 0 Å². The molecule has 0 saturated carbocycles. The lowest BCUT2D eigenvalue weighted by Gasteiger charge is -2.36. The first-order chi connectivity index (χ1) is 13.3. The van der Waals surface area contributed by atoms with Crippen molar-refractivity contribution in [3.05, 3.63) is 45.4 Å². The van der Waals surface area contributed by atoms with E-state index in [0.717, 1.165) is 5.56 Å². The number of nitriles is 1. The molecule has 28 heavy (non-hydrogen) atoms. The normalized spacial score (nSPS) is 20.1. The number of nitrogens with zero attached hydrogens (tertiary/aromatic N) is 4. The van der Waals surface area contributed by atoms with Crippen LogP contribution in [0.25, 0.3) is 11.7 Å². The number of fused-ring (bicyclic) bond motifs is 1. The minimum Gasteiger partial charge on any atom is -0.372 e. The third kappa shape index (κ3) is 3.62. The smallest absolute Gasteiger partial charge is 0.267 e. The van der Waals surface area contributed by atoms with Gasteiger partial charge < -0.3 is 15.0 Å². The second-order valence-corrected chi connectivity index (χ2v) is 6.95. The van der Waals surface area contributed by atoms with Crippen molar-refractivity contribution in [1.82, 2.24) is 14.7 Å². The SMILES string of the molecule is CNC(=O)/C(C#N)=C/c1c(N2C[C@@H](C)O[C@H](C)C2)nc2c(C)cccn2c1=O. The van der Waals surface area contributed by atoms with E-state index in [1.807, 2.05) is 37.8 Å². The van der Waals surface area contributed by atoms with Crippen LogP contribution < -0.4 is 15.8 Å². The van der Waals surface area contributed by atoms with Gasteiger partial charge in [-0.05, 0) is 38.5 Å². The highest BCUT2D eigenvalue weighted by molar-refractivity contribution is 6.02. The number of hydrogen-bond acceptors (Lipinski definition) is 6. The van der Waals surface area contributed by atoms with Crippen LogP contribution >= 0.6 is 0 Å². The zero-order chi connectivity index (χ0) is 20.4. The number of carbonyl (C=O) groups excluding carboxylic acids is 1. The summed E-state index contributed by atoms with van der Waals surface area (Å²) >= 11 is 0. The first-order valence-corrected chi connectivity index (χ1v) is 9.12. The number of amides is 1. The topological polar surface area (TPSA) is 99.7 Å². The van der Waals surface area contributed by atoms with Gasteiger partial charge in [0.25, 0.3) is 11.5 Å². The highest BCUT2D eigenvalue weighted by Crippen LogP contribution is 2.24. The Hall–Kier alpha value is -3.18. The van der Waals surface area contributed by atoms with E-state index in [1.165, 1.54) is 17.5 Å². The van der Waals surface area contributed by atoms with Crippen molar-refractivity contribution < 1.29 is 9.53 Å². The number of likely N-dealkylation sites (N-methyl/N-ethyl adjacent to an activating group) is 1. The van der Waals surface area contributed by atoms with Crippen molar-refractivity contribution in [2.75, 3.05) is 25.0 Å². The van der Waals surface area contributed by atoms with Crippen molar-refractivity contribution in [1.29, 1.82) is 5.26 Å². The van der Waals surface area contributed by atoms with Crippen LogP contribution in [0, 0.1) is 18.3 Å². The van der Waals surface area contributed by atoms with Gasteiger partial charge in [0.05, 0.1) is 17.8 Å². The highest BCUT2D eigenvalue weighted by atomic mass is 16.5. The molecule has 0 radical (unpaired) electrons. The zero-order valence-corrected chi connectivity index (χ0v) is 16.4. The Labute approximate surface area is 163 Å². The summed E-state index contributed by atoms with van der Waals surface area (Å²) in [6.07, 6.45) is 2.89. The average molecular weight is 381 g/mol. The lowest BCUT2D eigenvalue weighted by Crippen LogP contribution is -2.46. The average Bonchev–Trinajstić information content (AvgIpc) is 2.66. The molecule has 0 unspecified atom stereocenters. The zero-order valence-electron chi connectivity index (χ0n) is 16.4. The lowest BCUT2D eigenvalue weighted by atomic mass is 10.1. The molecule has 2 aromatic heterocycles. The molecule has 1 aliphatic rings. The standard InChI is InChI=1S/C20H23N5O3/c1-12-6-5-7-25-17(12)23-18(24-10-13(2)28-14(3)11-24)16(20(25)27)8-15(9-21)19(26)22-4/h5-8,13-14H,10-11H2,1-4H3,(H,22,26)/b15-8+/t13-,14-/m1/s1. The molecule has 0 aromatic carbocycles. The summed E-state index contributed by atoms with van der Waals surface area (Å²) < 4.78 is 7.23. The Bertz CT molecular complexity index is 1040. The number of nitrogens with one attached hydrogen (secondary N) is 1. The van der Waals surface area contributed by atoms with E-state index in [9.17, 15) is 14.9 Å². The Balaban J connectivity index is 2.30. The van der Waals surface area contributed by atoms with Crippen molar-refractivity contribution in [2.45, 2.75) is 33.0 Å². The second kappa shape index (κ2) is 7.82. The van der Waals surface area contributed by atoms with E-state index in [4.69, 9.17) is 9.72 Å². The number of carbonyl (C=O) groups is 1. The van der Waals surface area contributed by atoms with Gasteiger partial charge in [-0.3, -0.25) is 14.0 Å². The Kier molecular flexibility index (Phi) is 5.47. The minimum absolute atomic E-state index is 0.0351. The van der Waals surface area contributed by atoms with Crippen LogP contribution in [0.15, 0.2) is 28.7 Å². The predicted molar refractivity (Wildman–Crippen MR) is 106 cm³/mol. The molecule has 8 heteroatoms. The van der Waals surface area contributed by atoms with Crippen LogP contribution in [0.5, 0.6) is 0 Å². The number of ether oxygens (including phenoxy) is 1. The summed E-state index contributed by atoms with van der Waals surface area (Å²) in [5.74, 6) is -0.0937. The monoisotopic (exact) mass is 381 g/mol. The summed E-state index contributed by atoms with van der Waals surface area (Å²) in [4.78, 5) is 32.0. The van der Waals surface area contributed by atoms with Gasteiger partial charge >= 0.3 is 0 Å². The molecule has 3 rings (SSSR count). The van der Waals surface area contributed by atoms with Crippen LogP contribution in [0.4, 0.5) is 5.82 Å². The van der Waals surface area contributed by atoms with Crippen molar-refractivity contribution in [3.63, 3.8) is 0 Å². The van der Waals surface area contributed by atoms with Crippen LogP contribution in [-0.2, 0) is 9.53 Å². The molecule has 1 aliphatic heterocycles. The van der Waals surface area contributed by atoms with Crippen molar-refractivity contribution in [3.8, 4) is 6.07 Å². The maximum Gasteiger partial charge on any atom is 0.267 e. The van der Waals surface area contributed by atoms with E-state index in [-0.39, 0.29) is 28.9 Å². The summed E-state index contributed by atoms with van der Waals surface area (Å²) in [5.41, 5.74) is 1.14. The summed E-state index contributed by atoms with van der Waals surface area (Å²) in [7, 11) is 1.44. The number of aryl methyl sites for hydroxylation is 1. The predicted octanol–water partition coefficient (Wildman–Crippen LogP) is 1.27. The molecule has 1 N–H and O–H groups in total. The van der Waals surface area contributed by atoms with Crippen LogP contribution in [0.3, 0.4) is 0 Å².